The van der Waals surface area contributed by atoms with Crippen molar-refractivity contribution in [3.63, 3.8) is 0 Å². The van der Waals surface area contributed by atoms with Gasteiger partial charge in [-0.3, -0.25) is 4.79 Å². The zero-order valence-corrected chi connectivity index (χ0v) is 8.47. The summed E-state index contributed by atoms with van der Waals surface area (Å²) in [5.41, 5.74) is 5.35. The van der Waals surface area contributed by atoms with E-state index in [1.165, 1.54) is 25.1 Å². The van der Waals surface area contributed by atoms with Gasteiger partial charge in [0.1, 0.15) is 5.78 Å². The highest BCUT2D eigenvalue weighted by Crippen LogP contribution is 2.32. The molecule has 0 spiro atoms. The maximum atomic E-state index is 12.1. The molecule has 1 aromatic rings. The molecule has 0 amide bonds. The van der Waals surface area contributed by atoms with Gasteiger partial charge in [-0.15, -0.1) is 13.2 Å². The first-order valence-electron chi connectivity index (χ1n) is 4.42. The highest BCUT2D eigenvalue weighted by atomic mass is 19.4. The Labute approximate surface area is 90.0 Å². The molecule has 0 aliphatic rings. The Morgan fingerprint density at radius 3 is 2.56 bits per heavy atom. The lowest BCUT2D eigenvalue weighted by atomic mass is 10.1. The van der Waals surface area contributed by atoms with E-state index in [1.54, 1.807) is 0 Å². The number of nitrogen functional groups attached to an aromatic ring is 1. The summed E-state index contributed by atoms with van der Waals surface area (Å²) in [5, 5.41) is 0. The van der Waals surface area contributed by atoms with Gasteiger partial charge in [-0.05, 0) is 13.0 Å². The van der Waals surface area contributed by atoms with E-state index in [9.17, 15) is 18.0 Å². The molecule has 0 saturated carbocycles. The molecular formula is C10H10F3NO2. The Morgan fingerprint density at radius 2 is 2.06 bits per heavy atom. The summed E-state index contributed by atoms with van der Waals surface area (Å²) >= 11 is 0. The van der Waals surface area contributed by atoms with E-state index in [1.807, 2.05) is 0 Å². The van der Waals surface area contributed by atoms with E-state index in [4.69, 9.17) is 5.73 Å². The van der Waals surface area contributed by atoms with Gasteiger partial charge >= 0.3 is 6.36 Å². The number of rotatable bonds is 3. The molecule has 1 aromatic carbocycles. The van der Waals surface area contributed by atoms with Crippen LogP contribution < -0.4 is 10.5 Å². The molecule has 88 valence electrons. The van der Waals surface area contributed by atoms with Crippen molar-refractivity contribution in [2.75, 3.05) is 5.73 Å². The Balaban J connectivity index is 3.08. The number of nitrogens with two attached hydrogens (primary N) is 1. The monoisotopic (exact) mass is 233 g/mol. The molecule has 0 aromatic heterocycles. The van der Waals surface area contributed by atoms with Crippen molar-refractivity contribution in [1.29, 1.82) is 0 Å². The van der Waals surface area contributed by atoms with Crippen molar-refractivity contribution in [3.8, 4) is 5.75 Å². The molecule has 16 heavy (non-hydrogen) atoms. The fraction of sp³-hybridized carbons (Fsp3) is 0.300. The van der Waals surface area contributed by atoms with Crippen molar-refractivity contribution in [2.45, 2.75) is 19.7 Å². The summed E-state index contributed by atoms with van der Waals surface area (Å²) in [6, 6.07) is 4.13. The highest BCUT2D eigenvalue weighted by molar-refractivity contribution is 5.80. The second-order valence-corrected chi connectivity index (χ2v) is 3.26. The number of ketones is 1. The average Bonchev–Trinajstić information content (AvgIpc) is 2.08. The maximum absolute atomic E-state index is 12.1. The first kappa shape index (κ1) is 12.4. The summed E-state index contributed by atoms with van der Waals surface area (Å²) in [4.78, 5) is 10.9. The topological polar surface area (TPSA) is 52.3 Å². The van der Waals surface area contributed by atoms with Gasteiger partial charge in [0.25, 0.3) is 0 Å². The van der Waals surface area contributed by atoms with Gasteiger partial charge in [0, 0.05) is 12.0 Å². The van der Waals surface area contributed by atoms with Crippen LogP contribution in [0.25, 0.3) is 0 Å². The molecule has 0 aliphatic carbocycles. The molecule has 6 heteroatoms. The van der Waals surface area contributed by atoms with Gasteiger partial charge in [0.2, 0.25) is 0 Å². The van der Waals surface area contributed by atoms with Crippen molar-refractivity contribution in [3.05, 3.63) is 23.8 Å². The van der Waals surface area contributed by atoms with Crippen LogP contribution in [-0.2, 0) is 11.2 Å². The molecule has 0 radical (unpaired) electrons. The number of ether oxygens (including phenoxy) is 1. The quantitative estimate of drug-likeness (QED) is 0.815. The molecule has 2 N–H and O–H groups in total. The highest BCUT2D eigenvalue weighted by Gasteiger charge is 2.33. The minimum atomic E-state index is -4.82. The van der Waals surface area contributed by atoms with Crippen LogP contribution in [0.3, 0.4) is 0 Å². The van der Waals surface area contributed by atoms with E-state index in [0.29, 0.717) is 0 Å². The zero-order valence-electron chi connectivity index (χ0n) is 8.47. The third kappa shape index (κ3) is 3.45. The Kier molecular flexibility index (Phi) is 3.41. The molecule has 1 rings (SSSR count). The maximum Gasteiger partial charge on any atom is 0.573 e. The average molecular weight is 233 g/mol. The first-order valence-corrected chi connectivity index (χ1v) is 4.42. The summed E-state index contributed by atoms with van der Waals surface area (Å²) in [6.45, 7) is 1.28. The summed E-state index contributed by atoms with van der Waals surface area (Å²) in [5.74, 6) is -0.761. The summed E-state index contributed by atoms with van der Waals surface area (Å²) in [6.07, 6.45) is -4.96. The number of carbonyl (C=O) groups is 1. The number of hydrogen-bond acceptors (Lipinski definition) is 3. The number of anilines is 1. The fourth-order valence-corrected chi connectivity index (χ4v) is 1.25. The smallest absolute Gasteiger partial charge is 0.403 e. The van der Waals surface area contributed by atoms with Crippen LogP contribution in [0.5, 0.6) is 5.75 Å². The van der Waals surface area contributed by atoms with Gasteiger partial charge in [0.15, 0.2) is 5.75 Å². The van der Waals surface area contributed by atoms with Crippen LogP contribution in [0, 0.1) is 0 Å². The van der Waals surface area contributed by atoms with Crippen LogP contribution in [-0.4, -0.2) is 12.1 Å². The molecule has 0 aliphatic heterocycles. The van der Waals surface area contributed by atoms with Crippen LogP contribution in [0.1, 0.15) is 12.5 Å². The van der Waals surface area contributed by atoms with Crippen molar-refractivity contribution < 1.29 is 22.7 Å². The Morgan fingerprint density at radius 1 is 1.44 bits per heavy atom. The number of carbonyl (C=O) groups excluding carboxylic acids is 1. The van der Waals surface area contributed by atoms with Gasteiger partial charge in [-0.25, -0.2) is 0 Å². The Bertz CT molecular complexity index is 402. The van der Waals surface area contributed by atoms with Crippen molar-refractivity contribution >= 4 is 11.5 Å². The van der Waals surface area contributed by atoms with Crippen LogP contribution in [0.4, 0.5) is 18.9 Å². The largest absolute Gasteiger partial charge is 0.573 e. The molecular weight excluding hydrogens is 223 g/mol. The summed E-state index contributed by atoms with van der Waals surface area (Å²) < 4.78 is 40.0. The third-order valence-corrected chi connectivity index (χ3v) is 1.78. The SMILES string of the molecule is CC(=O)Cc1cccc(N)c1OC(F)(F)F. The molecule has 0 bridgehead atoms. The lowest BCUT2D eigenvalue weighted by Gasteiger charge is -2.14. The molecule has 3 nitrogen and oxygen atoms in total. The lowest BCUT2D eigenvalue weighted by molar-refractivity contribution is -0.274. The van der Waals surface area contributed by atoms with Crippen LogP contribution in [0.15, 0.2) is 18.2 Å². The predicted molar refractivity (Wildman–Crippen MR) is 51.9 cm³/mol. The number of benzene rings is 1. The standard InChI is InChI=1S/C10H10F3NO2/c1-6(15)5-7-3-2-4-8(14)9(7)16-10(11,12)13/h2-4H,5,14H2,1H3. The molecule has 0 atom stereocenters. The van der Waals surface area contributed by atoms with E-state index in [2.05, 4.69) is 4.74 Å². The Hall–Kier alpha value is -1.72. The van der Waals surface area contributed by atoms with Gasteiger partial charge in [-0.2, -0.15) is 0 Å². The minimum absolute atomic E-state index is 0.129. The first-order chi connectivity index (χ1) is 7.29. The van der Waals surface area contributed by atoms with Crippen LogP contribution >= 0.6 is 0 Å². The van der Waals surface area contributed by atoms with Gasteiger partial charge < -0.3 is 10.5 Å². The van der Waals surface area contributed by atoms with E-state index in [0.717, 1.165) is 0 Å². The number of alkyl halides is 3. The predicted octanol–water partition coefficient (Wildman–Crippen LogP) is 2.30. The van der Waals surface area contributed by atoms with E-state index >= 15 is 0 Å². The lowest BCUT2D eigenvalue weighted by Crippen LogP contribution is -2.19. The minimum Gasteiger partial charge on any atom is -0.403 e. The molecule has 0 heterocycles. The number of halogens is 3. The molecule has 0 unspecified atom stereocenters. The normalized spacial score (nSPS) is 11.2. The van der Waals surface area contributed by atoms with Gasteiger partial charge in [0.05, 0.1) is 5.69 Å². The second-order valence-electron chi connectivity index (χ2n) is 3.26. The number of para-hydroxylation sites is 1. The van der Waals surface area contributed by atoms with E-state index < -0.39 is 12.1 Å². The zero-order chi connectivity index (χ0) is 12.3. The summed E-state index contributed by atoms with van der Waals surface area (Å²) in [7, 11) is 0. The second kappa shape index (κ2) is 4.42. The van der Waals surface area contributed by atoms with Crippen LogP contribution in [0.2, 0.25) is 0 Å². The fourth-order valence-electron chi connectivity index (χ4n) is 1.25. The molecule has 0 fully saturated rings. The van der Waals surface area contributed by atoms with Gasteiger partial charge in [-0.1, -0.05) is 12.1 Å². The number of hydrogen-bond donors (Lipinski definition) is 1. The van der Waals surface area contributed by atoms with Crippen molar-refractivity contribution in [1.82, 2.24) is 0 Å². The molecule has 0 saturated heterocycles. The number of Topliss-reactive ketones (excluding diaryl/α,β-unsaturated/α-hetero) is 1. The third-order valence-electron chi connectivity index (χ3n) is 1.78. The van der Waals surface area contributed by atoms with E-state index in [-0.39, 0.29) is 23.5 Å². The van der Waals surface area contributed by atoms with Crippen molar-refractivity contribution in [2.24, 2.45) is 0 Å².